The lowest BCUT2D eigenvalue weighted by Crippen LogP contribution is -2.37. The Kier molecular flexibility index (Phi) is 5.45. The molecule has 0 radical (unpaired) electrons. The van der Waals surface area contributed by atoms with Gasteiger partial charge in [-0.2, -0.15) is 0 Å². The fraction of sp³-hybridized carbons (Fsp3) is 0.667. The van der Waals surface area contributed by atoms with Crippen LogP contribution in [0.4, 0.5) is 0 Å². The van der Waals surface area contributed by atoms with Gasteiger partial charge < -0.3 is 5.32 Å². The van der Waals surface area contributed by atoms with Gasteiger partial charge in [0.05, 0.1) is 0 Å². The van der Waals surface area contributed by atoms with Crippen molar-refractivity contribution < 1.29 is 0 Å². The van der Waals surface area contributed by atoms with Crippen molar-refractivity contribution in [3.8, 4) is 0 Å². The van der Waals surface area contributed by atoms with Gasteiger partial charge in [-0.05, 0) is 50.1 Å². The van der Waals surface area contributed by atoms with Crippen LogP contribution in [0, 0.1) is 18.8 Å². The predicted octanol–water partition coefficient (Wildman–Crippen LogP) is 4.34. The highest BCUT2D eigenvalue weighted by Gasteiger charge is 2.29. The minimum absolute atomic E-state index is 0.671. The minimum Gasteiger partial charge on any atom is -0.314 e. The van der Waals surface area contributed by atoms with Crippen molar-refractivity contribution in [2.45, 2.75) is 58.9 Å². The third-order valence-electron chi connectivity index (χ3n) is 4.77. The fourth-order valence-corrected chi connectivity index (χ4v) is 3.50. The first-order valence-corrected chi connectivity index (χ1v) is 8.01. The highest BCUT2D eigenvalue weighted by Crippen LogP contribution is 2.35. The predicted molar refractivity (Wildman–Crippen MR) is 83.5 cm³/mol. The van der Waals surface area contributed by atoms with E-state index in [0.717, 1.165) is 18.4 Å². The molecule has 1 aromatic carbocycles. The third kappa shape index (κ3) is 4.07. The van der Waals surface area contributed by atoms with E-state index >= 15 is 0 Å². The summed E-state index contributed by atoms with van der Waals surface area (Å²) in [5.41, 5.74) is 2.84. The molecule has 1 saturated carbocycles. The molecule has 1 heteroatoms. The van der Waals surface area contributed by atoms with E-state index in [2.05, 4.69) is 50.4 Å². The summed E-state index contributed by atoms with van der Waals surface area (Å²) in [6, 6.07) is 9.74. The second kappa shape index (κ2) is 7.09. The van der Waals surface area contributed by atoms with E-state index in [1.165, 1.54) is 43.2 Å². The summed E-state index contributed by atoms with van der Waals surface area (Å²) >= 11 is 0. The summed E-state index contributed by atoms with van der Waals surface area (Å²) in [7, 11) is 0. The molecule has 0 aliphatic heterocycles. The second-order valence-corrected chi connectivity index (χ2v) is 6.20. The van der Waals surface area contributed by atoms with Crippen molar-refractivity contribution in [3.05, 3.63) is 35.4 Å². The van der Waals surface area contributed by atoms with Crippen molar-refractivity contribution in [1.29, 1.82) is 0 Å². The Morgan fingerprint density at radius 1 is 1.16 bits per heavy atom. The molecule has 1 nitrogen and oxygen atoms in total. The summed E-state index contributed by atoms with van der Waals surface area (Å²) in [5, 5.41) is 3.73. The zero-order valence-electron chi connectivity index (χ0n) is 12.8. The molecule has 1 aliphatic rings. The first-order valence-electron chi connectivity index (χ1n) is 8.01. The van der Waals surface area contributed by atoms with Crippen LogP contribution < -0.4 is 5.32 Å². The Balaban J connectivity index is 1.98. The molecule has 0 amide bonds. The lowest BCUT2D eigenvalue weighted by Gasteiger charge is -2.25. The van der Waals surface area contributed by atoms with Crippen molar-refractivity contribution in [3.63, 3.8) is 0 Å². The van der Waals surface area contributed by atoms with Crippen LogP contribution in [0.25, 0.3) is 0 Å². The third-order valence-corrected chi connectivity index (χ3v) is 4.77. The van der Waals surface area contributed by atoms with Crippen LogP contribution in [0.3, 0.4) is 0 Å². The molecular formula is C18H29N. The molecule has 0 heterocycles. The number of hydrogen-bond donors (Lipinski definition) is 1. The zero-order chi connectivity index (χ0) is 13.7. The van der Waals surface area contributed by atoms with Gasteiger partial charge in [0.2, 0.25) is 0 Å². The second-order valence-electron chi connectivity index (χ2n) is 6.20. The van der Waals surface area contributed by atoms with Gasteiger partial charge in [0.1, 0.15) is 0 Å². The number of nitrogens with one attached hydrogen (secondary N) is 1. The summed E-state index contributed by atoms with van der Waals surface area (Å²) in [6.45, 7) is 7.82. The molecule has 2 rings (SSSR count). The molecule has 0 bridgehead atoms. The van der Waals surface area contributed by atoms with Gasteiger partial charge >= 0.3 is 0 Å². The van der Waals surface area contributed by atoms with E-state index in [4.69, 9.17) is 0 Å². The number of aryl methyl sites for hydroxylation is 1. The Bertz CT molecular complexity index is 368. The number of likely N-dealkylation sites (N-methyl/N-ethyl adjacent to an activating group) is 1. The lowest BCUT2D eigenvalue weighted by molar-refractivity contribution is 0.349. The molecule has 0 saturated heterocycles. The molecule has 1 aromatic rings. The largest absolute Gasteiger partial charge is 0.314 e. The van der Waals surface area contributed by atoms with Gasteiger partial charge in [0, 0.05) is 6.04 Å². The van der Waals surface area contributed by atoms with E-state index in [0.29, 0.717) is 6.04 Å². The van der Waals surface area contributed by atoms with Crippen molar-refractivity contribution in [1.82, 2.24) is 5.32 Å². The Morgan fingerprint density at radius 3 is 2.47 bits per heavy atom. The zero-order valence-corrected chi connectivity index (χ0v) is 12.8. The normalized spacial score (nSPS) is 24.6. The Labute approximate surface area is 118 Å². The Morgan fingerprint density at radius 2 is 1.89 bits per heavy atom. The maximum absolute atomic E-state index is 3.73. The average molecular weight is 259 g/mol. The highest BCUT2D eigenvalue weighted by atomic mass is 14.9. The molecule has 1 N–H and O–H groups in total. The van der Waals surface area contributed by atoms with Crippen molar-refractivity contribution in [2.75, 3.05) is 6.54 Å². The van der Waals surface area contributed by atoms with Crippen LogP contribution in [-0.2, 0) is 6.42 Å². The van der Waals surface area contributed by atoms with Gasteiger partial charge in [0.15, 0.2) is 0 Å². The maximum atomic E-state index is 3.73. The van der Waals surface area contributed by atoms with Crippen LogP contribution in [0.2, 0.25) is 0 Å². The van der Waals surface area contributed by atoms with Crippen LogP contribution >= 0.6 is 0 Å². The van der Waals surface area contributed by atoms with E-state index in [1.807, 2.05) is 0 Å². The number of hydrogen-bond acceptors (Lipinski definition) is 1. The molecule has 1 aliphatic carbocycles. The minimum atomic E-state index is 0.671. The molecule has 3 unspecified atom stereocenters. The quantitative estimate of drug-likeness (QED) is 0.801. The van der Waals surface area contributed by atoms with Crippen molar-refractivity contribution >= 4 is 0 Å². The smallest absolute Gasteiger partial charge is 0.0136 e. The first-order chi connectivity index (χ1) is 9.22. The Hall–Kier alpha value is -0.820. The van der Waals surface area contributed by atoms with Crippen LogP contribution in [-0.4, -0.2) is 12.6 Å². The van der Waals surface area contributed by atoms with Crippen molar-refractivity contribution in [2.24, 2.45) is 11.8 Å². The van der Waals surface area contributed by atoms with Gasteiger partial charge in [-0.3, -0.25) is 0 Å². The van der Waals surface area contributed by atoms with Crippen LogP contribution in [0.1, 0.15) is 50.7 Å². The summed E-state index contributed by atoms with van der Waals surface area (Å²) in [4.78, 5) is 0. The standard InChI is InChI=1S/C18H29N/c1-4-15-10-11-17(12-15)18(19-5-2)13-16-8-6-14(3)7-9-16/h6-9,15,17-19H,4-5,10-13H2,1-3H3. The van der Waals surface area contributed by atoms with E-state index in [1.54, 1.807) is 0 Å². The fourth-order valence-electron chi connectivity index (χ4n) is 3.50. The first kappa shape index (κ1) is 14.6. The molecule has 3 atom stereocenters. The summed E-state index contributed by atoms with van der Waals surface area (Å²) < 4.78 is 0. The lowest BCUT2D eigenvalue weighted by atomic mass is 9.90. The SMILES string of the molecule is CCNC(Cc1ccc(C)cc1)C1CCC(CC)C1. The highest BCUT2D eigenvalue weighted by molar-refractivity contribution is 5.22. The van der Waals surface area contributed by atoms with E-state index in [-0.39, 0.29) is 0 Å². The molecular weight excluding hydrogens is 230 g/mol. The van der Waals surface area contributed by atoms with E-state index in [9.17, 15) is 0 Å². The topological polar surface area (TPSA) is 12.0 Å². The molecule has 106 valence electrons. The van der Waals surface area contributed by atoms with Gasteiger partial charge in [0.25, 0.3) is 0 Å². The van der Waals surface area contributed by atoms with Crippen LogP contribution in [0.5, 0.6) is 0 Å². The summed E-state index contributed by atoms with van der Waals surface area (Å²) in [5.74, 6) is 1.86. The van der Waals surface area contributed by atoms with Gasteiger partial charge in [-0.25, -0.2) is 0 Å². The van der Waals surface area contributed by atoms with Gasteiger partial charge in [-0.15, -0.1) is 0 Å². The van der Waals surface area contributed by atoms with E-state index < -0.39 is 0 Å². The molecule has 0 spiro atoms. The van der Waals surface area contributed by atoms with Gasteiger partial charge in [-0.1, -0.05) is 56.5 Å². The number of benzene rings is 1. The average Bonchev–Trinajstić information content (AvgIpc) is 2.89. The monoisotopic (exact) mass is 259 g/mol. The number of rotatable bonds is 6. The maximum Gasteiger partial charge on any atom is 0.0136 e. The molecule has 0 aromatic heterocycles. The summed E-state index contributed by atoms with van der Waals surface area (Å²) in [6.07, 6.45) is 6.84. The molecule has 19 heavy (non-hydrogen) atoms. The molecule has 1 fully saturated rings. The van der Waals surface area contributed by atoms with Crippen LogP contribution in [0.15, 0.2) is 24.3 Å².